The molecule has 7 nitrogen and oxygen atoms in total. The van der Waals surface area contributed by atoms with Gasteiger partial charge in [0.2, 0.25) is 5.91 Å². The number of carbonyl (C=O) groups is 2. The summed E-state index contributed by atoms with van der Waals surface area (Å²) in [5.41, 5.74) is -1.35. The number of piperidine rings is 1. The van der Waals surface area contributed by atoms with E-state index in [9.17, 15) is 35.9 Å². The Bertz CT molecular complexity index is 900. The van der Waals surface area contributed by atoms with Crippen LogP contribution >= 0.6 is 0 Å². The number of fused-ring (bicyclic) bond motifs is 1. The van der Waals surface area contributed by atoms with Crippen LogP contribution in [-0.4, -0.2) is 73.0 Å². The summed E-state index contributed by atoms with van der Waals surface area (Å²) in [5.74, 6) is -2.03. The molecule has 1 aromatic carbocycles. The standard InChI is InChI=1S/C19H19F6N3O4/c20-18(21,22)12-5-10(1-2-14(12)32-19(23,24)25)11-6-28(7-11)17(30)27-4-3-15-13(8-27)26-16(29)9-31-15/h1-2,5,11,13,15H,3-4,6-9H2,(H,26,29)/t13-,15+/m1/s1. The van der Waals surface area contributed by atoms with Crippen LogP contribution in [0.1, 0.15) is 23.5 Å². The summed E-state index contributed by atoms with van der Waals surface area (Å²) in [6.45, 7) is 0.915. The second kappa shape index (κ2) is 8.01. The number of hydrogen-bond donors (Lipinski definition) is 1. The van der Waals surface area contributed by atoms with Crippen molar-refractivity contribution in [2.45, 2.75) is 37.0 Å². The smallest absolute Gasteiger partial charge is 0.405 e. The molecular formula is C19H19F6N3O4. The van der Waals surface area contributed by atoms with E-state index in [2.05, 4.69) is 10.1 Å². The Kier molecular flexibility index (Phi) is 5.63. The predicted octanol–water partition coefficient (Wildman–Crippen LogP) is 2.71. The lowest BCUT2D eigenvalue weighted by atomic mass is 9.90. The van der Waals surface area contributed by atoms with Gasteiger partial charge in [0, 0.05) is 32.1 Å². The average Bonchev–Trinajstić information content (AvgIpc) is 2.65. The van der Waals surface area contributed by atoms with Gasteiger partial charge in [-0.2, -0.15) is 13.2 Å². The van der Waals surface area contributed by atoms with E-state index >= 15 is 0 Å². The summed E-state index contributed by atoms with van der Waals surface area (Å²) in [7, 11) is 0. The maximum atomic E-state index is 13.2. The van der Waals surface area contributed by atoms with Gasteiger partial charge in [0.05, 0.1) is 17.7 Å². The van der Waals surface area contributed by atoms with Crippen molar-refractivity contribution in [3.05, 3.63) is 29.3 Å². The number of ether oxygens (including phenoxy) is 2. The number of amides is 3. The third kappa shape index (κ3) is 4.71. The fourth-order valence-corrected chi connectivity index (χ4v) is 4.16. The van der Waals surface area contributed by atoms with E-state index in [0.717, 1.165) is 6.07 Å². The minimum atomic E-state index is -5.25. The number of carbonyl (C=O) groups excluding carboxylic acids is 2. The highest BCUT2D eigenvalue weighted by Gasteiger charge is 2.43. The molecule has 1 aromatic rings. The molecule has 3 saturated heterocycles. The minimum Gasteiger partial charge on any atom is -0.405 e. The molecule has 176 valence electrons. The lowest BCUT2D eigenvalue weighted by Gasteiger charge is -2.46. The molecular weight excluding hydrogens is 448 g/mol. The lowest BCUT2D eigenvalue weighted by molar-refractivity contribution is -0.276. The Morgan fingerprint density at radius 3 is 2.47 bits per heavy atom. The van der Waals surface area contributed by atoms with Crippen LogP contribution < -0.4 is 10.1 Å². The van der Waals surface area contributed by atoms with Crippen molar-refractivity contribution in [1.82, 2.24) is 15.1 Å². The Morgan fingerprint density at radius 1 is 1.09 bits per heavy atom. The van der Waals surface area contributed by atoms with E-state index in [1.54, 1.807) is 4.90 Å². The molecule has 0 bridgehead atoms. The molecule has 0 saturated carbocycles. The number of likely N-dealkylation sites (tertiary alicyclic amines) is 2. The third-order valence-electron chi connectivity index (χ3n) is 5.75. The number of nitrogens with one attached hydrogen (secondary N) is 1. The van der Waals surface area contributed by atoms with E-state index < -0.39 is 29.8 Å². The molecule has 3 aliphatic rings. The van der Waals surface area contributed by atoms with Gasteiger partial charge < -0.3 is 24.6 Å². The first-order chi connectivity index (χ1) is 14.9. The molecule has 0 radical (unpaired) electrons. The van der Waals surface area contributed by atoms with Crippen molar-refractivity contribution in [3.8, 4) is 5.75 Å². The Labute approximate surface area is 178 Å². The van der Waals surface area contributed by atoms with E-state index in [1.165, 1.54) is 4.90 Å². The molecule has 3 heterocycles. The summed E-state index contributed by atoms with van der Waals surface area (Å²) in [4.78, 5) is 27.2. The summed E-state index contributed by atoms with van der Waals surface area (Å²) < 4.78 is 85.9. The highest BCUT2D eigenvalue weighted by Crippen LogP contribution is 2.41. The molecule has 3 fully saturated rings. The molecule has 32 heavy (non-hydrogen) atoms. The van der Waals surface area contributed by atoms with Crippen molar-refractivity contribution in [2.24, 2.45) is 0 Å². The maximum Gasteiger partial charge on any atom is 0.573 e. The summed E-state index contributed by atoms with van der Waals surface area (Å²) in [5, 5.41) is 2.78. The number of benzene rings is 1. The number of nitrogens with zero attached hydrogens (tertiary/aromatic N) is 2. The van der Waals surface area contributed by atoms with Gasteiger partial charge in [-0.1, -0.05) is 6.07 Å². The van der Waals surface area contributed by atoms with Crippen LogP contribution in [0, 0.1) is 0 Å². The quantitative estimate of drug-likeness (QED) is 0.680. The van der Waals surface area contributed by atoms with Gasteiger partial charge in [-0.3, -0.25) is 4.79 Å². The zero-order valence-electron chi connectivity index (χ0n) is 16.5. The van der Waals surface area contributed by atoms with E-state index in [0.29, 0.717) is 25.1 Å². The van der Waals surface area contributed by atoms with Crippen LogP contribution in [0.2, 0.25) is 0 Å². The highest BCUT2D eigenvalue weighted by molar-refractivity contribution is 5.79. The van der Waals surface area contributed by atoms with E-state index in [1.807, 2.05) is 0 Å². The summed E-state index contributed by atoms with van der Waals surface area (Å²) >= 11 is 0. The van der Waals surface area contributed by atoms with Gasteiger partial charge in [-0.25, -0.2) is 4.79 Å². The minimum absolute atomic E-state index is 0.0182. The SMILES string of the molecule is O=C1CO[C@H]2CCN(C(=O)N3CC(c4ccc(OC(F)(F)F)c(C(F)(F)F)c4)C3)C[C@H]2N1. The summed E-state index contributed by atoms with van der Waals surface area (Å²) in [6.07, 6.45) is -9.91. The molecule has 13 heteroatoms. The maximum absolute atomic E-state index is 13.2. The van der Waals surface area contributed by atoms with Gasteiger partial charge in [0.25, 0.3) is 0 Å². The van der Waals surface area contributed by atoms with Crippen LogP contribution in [-0.2, 0) is 15.7 Å². The number of urea groups is 1. The molecule has 0 spiro atoms. The molecule has 2 atom stereocenters. The largest absolute Gasteiger partial charge is 0.573 e. The van der Waals surface area contributed by atoms with Gasteiger partial charge in [0.15, 0.2) is 0 Å². The first-order valence-electron chi connectivity index (χ1n) is 9.82. The molecule has 3 amide bonds. The van der Waals surface area contributed by atoms with E-state index in [-0.39, 0.29) is 55.9 Å². The monoisotopic (exact) mass is 467 g/mol. The molecule has 1 N–H and O–H groups in total. The van der Waals surface area contributed by atoms with Crippen molar-refractivity contribution in [2.75, 3.05) is 32.8 Å². The molecule has 0 unspecified atom stereocenters. The lowest BCUT2D eigenvalue weighted by Crippen LogP contribution is -2.63. The first-order valence-corrected chi connectivity index (χ1v) is 9.82. The number of rotatable bonds is 2. The van der Waals surface area contributed by atoms with Gasteiger partial charge in [0.1, 0.15) is 12.4 Å². The topological polar surface area (TPSA) is 71.1 Å². The molecule has 0 aliphatic carbocycles. The Hall–Kier alpha value is -2.70. The van der Waals surface area contributed by atoms with Gasteiger partial charge in [-0.05, 0) is 24.1 Å². The molecule has 3 aliphatic heterocycles. The van der Waals surface area contributed by atoms with Crippen molar-refractivity contribution in [1.29, 1.82) is 0 Å². The van der Waals surface area contributed by atoms with Crippen LogP contribution in [0.4, 0.5) is 31.1 Å². The van der Waals surface area contributed by atoms with Gasteiger partial charge in [-0.15, -0.1) is 13.2 Å². The Morgan fingerprint density at radius 2 is 1.81 bits per heavy atom. The van der Waals surface area contributed by atoms with Crippen LogP contribution in [0.5, 0.6) is 5.75 Å². The van der Waals surface area contributed by atoms with Gasteiger partial charge >= 0.3 is 18.6 Å². The number of halogens is 6. The van der Waals surface area contributed by atoms with Crippen molar-refractivity contribution >= 4 is 11.9 Å². The first kappa shape index (κ1) is 22.5. The number of hydrogen-bond acceptors (Lipinski definition) is 4. The van der Waals surface area contributed by atoms with Crippen LogP contribution in [0.3, 0.4) is 0 Å². The number of alkyl halides is 6. The highest BCUT2D eigenvalue weighted by atomic mass is 19.4. The fourth-order valence-electron chi connectivity index (χ4n) is 4.16. The second-order valence-corrected chi connectivity index (χ2v) is 7.94. The summed E-state index contributed by atoms with van der Waals surface area (Å²) in [6, 6.07) is 1.79. The van der Waals surface area contributed by atoms with E-state index in [4.69, 9.17) is 4.74 Å². The predicted molar refractivity (Wildman–Crippen MR) is 95.7 cm³/mol. The third-order valence-corrected chi connectivity index (χ3v) is 5.75. The zero-order valence-corrected chi connectivity index (χ0v) is 16.5. The Balaban J connectivity index is 1.39. The van der Waals surface area contributed by atoms with Crippen LogP contribution in [0.15, 0.2) is 18.2 Å². The zero-order chi connectivity index (χ0) is 23.3. The molecule has 4 rings (SSSR count). The van der Waals surface area contributed by atoms with Crippen LogP contribution in [0.25, 0.3) is 0 Å². The molecule has 0 aromatic heterocycles. The van der Waals surface area contributed by atoms with Crippen molar-refractivity contribution in [3.63, 3.8) is 0 Å². The second-order valence-electron chi connectivity index (χ2n) is 7.94. The average molecular weight is 467 g/mol. The number of morpholine rings is 1. The van der Waals surface area contributed by atoms with Crippen molar-refractivity contribution < 1.29 is 45.4 Å². The fraction of sp³-hybridized carbons (Fsp3) is 0.579. The normalized spacial score (nSPS) is 24.5.